The first-order chi connectivity index (χ1) is 15.6. The molecule has 3 aromatic carbocycles. The van der Waals surface area contributed by atoms with E-state index >= 15 is 0 Å². The molecule has 0 radical (unpaired) electrons. The van der Waals surface area contributed by atoms with Crippen molar-refractivity contribution < 1.29 is 14.3 Å². The largest absolute Gasteiger partial charge is 0.489 e. The van der Waals surface area contributed by atoms with Crippen molar-refractivity contribution in [1.82, 2.24) is 0 Å². The number of rotatable bonds is 7. The number of anilines is 1. The van der Waals surface area contributed by atoms with E-state index in [1.54, 1.807) is 36.4 Å². The molecule has 1 saturated heterocycles. The van der Waals surface area contributed by atoms with Crippen LogP contribution in [0, 0.1) is 0 Å². The number of carbonyl (C=O) groups is 2. The number of benzene rings is 3. The molecule has 1 aliphatic rings. The number of thioether (sulfide) groups is 1. The molecule has 0 aromatic heterocycles. The molecule has 1 heterocycles. The Balaban J connectivity index is 1.56. The Morgan fingerprint density at radius 2 is 1.72 bits per heavy atom. The van der Waals surface area contributed by atoms with Crippen molar-refractivity contribution in [3.8, 4) is 5.75 Å². The summed E-state index contributed by atoms with van der Waals surface area (Å²) < 4.78 is 6.01. The maximum atomic E-state index is 12.9. The van der Waals surface area contributed by atoms with Crippen molar-refractivity contribution in [2.75, 3.05) is 4.90 Å². The smallest absolute Gasteiger partial charge is 0.298 e. The quantitative estimate of drug-likeness (QED) is 0.284. The van der Waals surface area contributed by atoms with Gasteiger partial charge in [-0.3, -0.25) is 9.59 Å². The molecule has 6 heteroatoms. The molecule has 0 N–H and O–H groups in total. The van der Waals surface area contributed by atoms with Crippen LogP contribution in [0.1, 0.15) is 16.7 Å². The number of imide groups is 1. The van der Waals surface area contributed by atoms with E-state index in [-0.39, 0.29) is 11.1 Å². The fourth-order valence-corrected chi connectivity index (χ4v) is 4.37. The van der Waals surface area contributed by atoms with Gasteiger partial charge in [-0.25, -0.2) is 4.90 Å². The van der Waals surface area contributed by atoms with Gasteiger partial charge in [0.2, 0.25) is 0 Å². The Labute approximate surface area is 196 Å². The van der Waals surface area contributed by atoms with Crippen LogP contribution in [0.3, 0.4) is 0 Å². The van der Waals surface area contributed by atoms with Crippen molar-refractivity contribution in [3.63, 3.8) is 0 Å². The molecule has 32 heavy (non-hydrogen) atoms. The molecular weight excluding hydrogens is 442 g/mol. The zero-order valence-electron chi connectivity index (χ0n) is 17.2. The van der Waals surface area contributed by atoms with Crippen LogP contribution in [0.4, 0.5) is 10.5 Å². The normalized spacial score (nSPS) is 14.8. The minimum Gasteiger partial charge on any atom is -0.489 e. The first-order valence-corrected chi connectivity index (χ1v) is 11.2. The van der Waals surface area contributed by atoms with E-state index in [0.717, 1.165) is 34.2 Å². The topological polar surface area (TPSA) is 46.6 Å². The summed E-state index contributed by atoms with van der Waals surface area (Å²) in [7, 11) is 0. The highest BCUT2D eigenvalue weighted by atomic mass is 35.5. The van der Waals surface area contributed by atoms with Crippen LogP contribution >= 0.6 is 23.4 Å². The molecule has 0 unspecified atom stereocenters. The maximum Gasteiger partial charge on any atom is 0.298 e. The average Bonchev–Trinajstić information content (AvgIpc) is 3.07. The SMILES string of the molecule is C=CCc1cc(/C=C2\SC(=O)N(c3ccccc3)C2=O)ccc1OCc1ccccc1Cl. The van der Waals surface area contributed by atoms with Gasteiger partial charge < -0.3 is 4.74 Å². The van der Waals surface area contributed by atoms with Gasteiger partial charge in [0.05, 0.1) is 10.6 Å². The highest BCUT2D eigenvalue weighted by Gasteiger charge is 2.36. The summed E-state index contributed by atoms with van der Waals surface area (Å²) in [6.45, 7) is 4.17. The van der Waals surface area contributed by atoms with E-state index in [0.29, 0.717) is 28.6 Å². The Morgan fingerprint density at radius 3 is 2.47 bits per heavy atom. The minimum absolute atomic E-state index is 0.307. The lowest BCUT2D eigenvalue weighted by atomic mass is 10.1. The van der Waals surface area contributed by atoms with Gasteiger partial charge in [-0.1, -0.05) is 60.1 Å². The number of nitrogens with zero attached hydrogens (tertiary/aromatic N) is 1. The van der Waals surface area contributed by atoms with Gasteiger partial charge in [-0.15, -0.1) is 6.58 Å². The summed E-state index contributed by atoms with van der Waals surface area (Å²) in [5.41, 5.74) is 3.21. The lowest BCUT2D eigenvalue weighted by Gasteiger charge is -2.13. The van der Waals surface area contributed by atoms with Crippen molar-refractivity contribution in [2.24, 2.45) is 0 Å². The van der Waals surface area contributed by atoms with E-state index in [4.69, 9.17) is 16.3 Å². The van der Waals surface area contributed by atoms with Crippen molar-refractivity contribution in [1.29, 1.82) is 0 Å². The van der Waals surface area contributed by atoms with Crippen LogP contribution in [-0.2, 0) is 17.8 Å². The van der Waals surface area contributed by atoms with Crippen LogP contribution in [0.25, 0.3) is 6.08 Å². The third-order valence-electron chi connectivity index (χ3n) is 4.90. The predicted molar refractivity (Wildman–Crippen MR) is 131 cm³/mol. The average molecular weight is 462 g/mol. The van der Waals surface area contributed by atoms with E-state index in [1.807, 2.05) is 48.5 Å². The second-order valence-corrected chi connectivity index (χ2v) is 8.49. The first kappa shape index (κ1) is 21.9. The van der Waals surface area contributed by atoms with Crippen LogP contribution in [0.5, 0.6) is 5.75 Å². The zero-order valence-corrected chi connectivity index (χ0v) is 18.7. The molecule has 2 amide bonds. The number of hydrogen-bond donors (Lipinski definition) is 0. The third-order valence-corrected chi connectivity index (χ3v) is 6.13. The van der Waals surface area contributed by atoms with Crippen LogP contribution in [0.15, 0.2) is 90.4 Å². The van der Waals surface area contributed by atoms with E-state index in [2.05, 4.69) is 6.58 Å². The van der Waals surface area contributed by atoms with Gasteiger partial charge in [-0.05, 0) is 65.7 Å². The summed E-state index contributed by atoms with van der Waals surface area (Å²) in [6.07, 6.45) is 4.13. The Morgan fingerprint density at radius 1 is 0.969 bits per heavy atom. The number of hydrogen-bond acceptors (Lipinski definition) is 4. The Kier molecular flexibility index (Phi) is 6.78. The third kappa shape index (κ3) is 4.79. The molecule has 4 rings (SSSR count). The second kappa shape index (κ2) is 9.90. The van der Waals surface area contributed by atoms with Gasteiger partial charge >= 0.3 is 0 Å². The zero-order chi connectivity index (χ0) is 22.5. The van der Waals surface area contributed by atoms with Gasteiger partial charge in [0.15, 0.2) is 0 Å². The van der Waals surface area contributed by atoms with E-state index < -0.39 is 0 Å². The highest BCUT2D eigenvalue weighted by molar-refractivity contribution is 8.19. The lowest BCUT2D eigenvalue weighted by molar-refractivity contribution is -0.113. The van der Waals surface area contributed by atoms with Crippen LogP contribution in [-0.4, -0.2) is 11.1 Å². The molecule has 1 fully saturated rings. The first-order valence-electron chi connectivity index (χ1n) is 10.00. The molecule has 0 saturated carbocycles. The van der Waals surface area contributed by atoms with Crippen LogP contribution < -0.4 is 9.64 Å². The number of carbonyl (C=O) groups excluding carboxylic acids is 2. The minimum atomic E-state index is -0.324. The highest BCUT2D eigenvalue weighted by Crippen LogP contribution is 2.36. The number of amides is 2. The lowest BCUT2D eigenvalue weighted by Crippen LogP contribution is -2.27. The van der Waals surface area contributed by atoms with Gasteiger partial charge in [-0.2, -0.15) is 0 Å². The van der Waals surface area contributed by atoms with E-state index in [1.165, 1.54) is 4.90 Å². The molecule has 0 atom stereocenters. The Bertz CT molecular complexity index is 1210. The molecule has 0 spiro atoms. The summed E-state index contributed by atoms with van der Waals surface area (Å²) in [5, 5.41) is 0.349. The fraction of sp³-hybridized carbons (Fsp3) is 0.0769. The summed E-state index contributed by atoms with van der Waals surface area (Å²) in [6, 6.07) is 22.1. The molecule has 0 aliphatic carbocycles. The maximum absolute atomic E-state index is 12.9. The van der Waals surface area contributed by atoms with Gasteiger partial charge in [0, 0.05) is 10.6 Å². The number of halogens is 1. The monoisotopic (exact) mass is 461 g/mol. The summed E-state index contributed by atoms with van der Waals surface area (Å²) >= 11 is 7.16. The molecule has 4 nitrogen and oxygen atoms in total. The number of allylic oxidation sites excluding steroid dienone is 1. The van der Waals surface area contributed by atoms with Gasteiger partial charge in [0.1, 0.15) is 12.4 Å². The molecular formula is C26H20ClNO3S. The number of para-hydroxylation sites is 1. The fourth-order valence-electron chi connectivity index (χ4n) is 3.33. The molecule has 3 aromatic rings. The summed E-state index contributed by atoms with van der Waals surface area (Å²) in [4.78, 5) is 26.9. The van der Waals surface area contributed by atoms with Crippen molar-refractivity contribution in [3.05, 3.63) is 112 Å². The van der Waals surface area contributed by atoms with Crippen molar-refractivity contribution in [2.45, 2.75) is 13.0 Å². The summed E-state index contributed by atoms with van der Waals surface area (Å²) in [5.74, 6) is 0.398. The second-order valence-electron chi connectivity index (χ2n) is 7.09. The Hall–Kier alpha value is -3.28. The van der Waals surface area contributed by atoms with Crippen LogP contribution in [0.2, 0.25) is 5.02 Å². The molecule has 1 aliphatic heterocycles. The number of ether oxygens (including phenoxy) is 1. The van der Waals surface area contributed by atoms with E-state index in [9.17, 15) is 9.59 Å². The van der Waals surface area contributed by atoms with Crippen molar-refractivity contribution >= 4 is 46.3 Å². The molecule has 0 bridgehead atoms. The predicted octanol–water partition coefficient (Wildman–Crippen LogP) is 6.89. The molecule has 160 valence electrons. The standard InChI is InChI=1S/C26H20ClNO3S/c1-2-8-19-15-18(13-14-23(19)31-17-20-9-6-7-12-22(20)27)16-24-25(29)28(26(30)32-24)21-10-4-3-5-11-21/h2-7,9-16H,1,8,17H2/b24-16-. The van der Waals surface area contributed by atoms with Gasteiger partial charge in [0.25, 0.3) is 11.1 Å².